The number of carbonyl (C=O) groups excluding carboxylic acids is 3. The summed E-state index contributed by atoms with van der Waals surface area (Å²) < 4.78 is 5.19. The lowest BCUT2D eigenvalue weighted by molar-refractivity contribution is -0.153. The molecule has 0 spiro atoms. The number of hydrogen-bond acceptors (Lipinski definition) is 4. The molecule has 0 bridgehead atoms. The lowest BCUT2D eigenvalue weighted by Crippen LogP contribution is -2.31. The molecule has 1 fully saturated rings. The molecule has 4 heteroatoms. The average Bonchev–Trinajstić information content (AvgIpc) is 3.34. The van der Waals surface area contributed by atoms with E-state index in [4.69, 9.17) is 4.74 Å². The van der Waals surface area contributed by atoms with Gasteiger partial charge in [0.1, 0.15) is 11.2 Å². The molecule has 0 heterocycles. The van der Waals surface area contributed by atoms with Crippen molar-refractivity contribution >= 4 is 17.5 Å². The summed E-state index contributed by atoms with van der Waals surface area (Å²) in [4.78, 5) is 38.3. The lowest BCUT2D eigenvalue weighted by Gasteiger charge is -2.13. The van der Waals surface area contributed by atoms with E-state index in [1.807, 2.05) is 36.4 Å². The molecule has 0 radical (unpaired) electrons. The highest BCUT2D eigenvalue weighted by atomic mass is 16.5. The number of carbonyl (C=O) groups is 3. The maximum Gasteiger partial charge on any atom is 0.321 e. The van der Waals surface area contributed by atoms with Gasteiger partial charge in [0, 0.05) is 11.5 Å². The predicted octanol–water partition coefficient (Wildman–Crippen LogP) is 3.42. The number of rotatable bonds is 6. The van der Waals surface area contributed by atoms with Gasteiger partial charge in [-0.25, -0.2) is 0 Å². The molecule has 3 atom stereocenters. The Kier molecular flexibility index (Phi) is 4.53. The Morgan fingerprint density at radius 3 is 2.04 bits per heavy atom. The van der Waals surface area contributed by atoms with Crippen LogP contribution in [0.2, 0.25) is 0 Å². The third-order valence-corrected chi connectivity index (χ3v) is 4.90. The molecule has 4 nitrogen and oxygen atoms in total. The van der Waals surface area contributed by atoms with Crippen molar-refractivity contribution in [2.45, 2.75) is 19.8 Å². The van der Waals surface area contributed by atoms with Crippen molar-refractivity contribution < 1.29 is 19.1 Å². The van der Waals surface area contributed by atoms with Gasteiger partial charge in [0.2, 0.25) is 0 Å². The van der Waals surface area contributed by atoms with Gasteiger partial charge in [0.05, 0.1) is 12.5 Å². The van der Waals surface area contributed by atoms with Crippen molar-refractivity contribution in [1.82, 2.24) is 0 Å². The van der Waals surface area contributed by atoms with E-state index in [0.717, 1.165) is 5.56 Å². The van der Waals surface area contributed by atoms with E-state index in [-0.39, 0.29) is 18.2 Å². The second-order valence-electron chi connectivity index (χ2n) is 6.24. The SMILES string of the molecule is CCOC(=O)C1(C(C)=O)C(C(=O)c2ccccc2)C1c1ccccc1. The normalized spacial score (nSPS) is 24.4. The van der Waals surface area contributed by atoms with E-state index in [2.05, 4.69) is 0 Å². The summed E-state index contributed by atoms with van der Waals surface area (Å²) in [6.07, 6.45) is 0. The zero-order chi connectivity index (χ0) is 18.0. The number of Topliss-reactive ketones (excluding diaryl/α,β-unsaturated/α-hetero) is 2. The molecule has 0 amide bonds. The highest BCUT2D eigenvalue weighted by molar-refractivity contribution is 6.17. The minimum atomic E-state index is -1.43. The van der Waals surface area contributed by atoms with Gasteiger partial charge in [-0.2, -0.15) is 0 Å². The number of ketones is 2. The molecule has 0 N–H and O–H groups in total. The van der Waals surface area contributed by atoms with Crippen LogP contribution in [0.3, 0.4) is 0 Å². The van der Waals surface area contributed by atoms with Crippen LogP contribution in [0, 0.1) is 11.3 Å². The maximum atomic E-state index is 13.1. The van der Waals surface area contributed by atoms with Crippen molar-refractivity contribution in [3.8, 4) is 0 Å². The molecule has 3 unspecified atom stereocenters. The minimum Gasteiger partial charge on any atom is -0.465 e. The average molecular weight is 336 g/mol. The van der Waals surface area contributed by atoms with Gasteiger partial charge in [0.25, 0.3) is 0 Å². The van der Waals surface area contributed by atoms with Crippen molar-refractivity contribution in [3.63, 3.8) is 0 Å². The highest BCUT2D eigenvalue weighted by Crippen LogP contribution is 2.67. The molecule has 1 aliphatic carbocycles. The minimum absolute atomic E-state index is 0.168. The number of hydrogen-bond donors (Lipinski definition) is 0. The number of ether oxygens (including phenoxy) is 1. The third-order valence-electron chi connectivity index (χ3n) is 4.90. The zero-order valence-electron chi connectivity index (χ0n) is 14.3. The quantitative estimate of drug-likeness (QED) is 0.461. The monoisotopic (exact) mass is 336 g/mol. The Morgan fingerprint density at radius 1 is 0.960 bits per heavy atom. The van der Waals surface area contributed by atoms with Gasteiger partial charge in [-0.05, 0) is 19.4 Å². The Bertz CT molecular complexity index is 797. The van der Waals surface area contributed by atoms with Crippen LogP contribution >= 0.6 is 0 Å². The highest BCUT2D eigenvalue weighted by Gasteiger charge is 2.76. The van der Waals surface area contributed by atoms with Gasteiger partial charge >= 0.3 is 5.97 Å². The van der Waals surface area contributed by atoms with Crippen LogP contribution < -0.4 is 0 Å². The van der Waals surface area contributed by atoms with Crippen molar-refractivity contribution in [1.29, 1.82) is 0 Å². The van der Waals surface area contributed by atoms with E-state index < -0.39 is 23.2 Å². The summed E-state index contributed by atoms with van der Waals surface area (Å²) >= 11 is 0. The van der Waals surface area contributed by atoms with E-state index in [1.54, 1.807) is 31.2 Å². The summed E-state index contributed by atoms with van der Waals surface area (Å²) in [5.74, 6) is -2.34. The molecular formula is C21H20O4. The van der Waals surface area contributed by atoms with Crippen LogP contribution in [-0.4, -0.2) is 24.1 Å². The smallest absolute Gasteiger partial charge is 0.321 e. The summed E-state index contributed by atoms with van der Waals surface area (Å²) in [6.45, 7) is 3.23. The Morgan fingerprint density at radius 2 is 1.52 bits per heavy atom. The summed E-state index contributed by atoms with van der Waals surface area (Å²) in [5, 5.41) is 0. The maximum absolute atomic E-state index is 13.1. The first-order valence-corrected chi connectivity index (χ1v) is 8.37. The molecule has 1 aliphatic rings. The summed E-state index contributed by atoms with van der Waals surface area (Å²) in [7, 11) is 0. The molecule has 0 saturated heterocycles. The summed E-state index contributed by atoms with van der Waals surface area (Å²) in [5.41, 5.74) is -0.120. The van der Waals surface area contributed by atoms with E-state index in [9.17, 15) is 14.4 Å². The van der Waals surface area contributed by atoms with Gasteiger partial charge in [-0.15, -0.1) is 0 Å². The fraction of sp³-hybridized carbons (Fsp3) is 0.286. The Labute approximate surface area is 146 Å². The first-order chi connectivity index (χ1) is 12.0. The van der Waals surface area contributed by atoms with E-state index >= 15 is 0 Å². The van der Waals surface area contributed by atoms with Crippen LogP contribution in [0.25, 0.3) is 0 Å². The topological polar surface area (TPSA) is 60.4 Å². The predicted molar refractivity (Wildman–Crippen MR) is 93.2 cm³/mol. The Balaban J connectivity index is 2.08. The van der Waals surface area contributed by atoms with Crippen LogP contribution in [0.5, 0.6) is 0 Å². The van der Waals surface area contributed by atoms with Crippen molar-refractivity contribution in [2.24, 2.45) is 11.3 Å². The van der Waals surface area contributed by atoms with Crippen LogP contribution in [0.4, 0.5) is 0 Å². The molecular weight excluding hydrogens is 316 g/mol. The van der Waals surface area contributed by atoms with Crippen molar-refractivity contribution in [2.75, 3.05) is 6.61 Å². The second kappa shape index (κ2) is 6.63. The molecule has 2 aromatic rings. The number of esters is 1. The van der Waals surface area contributed by atoms with E-state index in [1.165, 1.54) is 6.92 Å². The van der Waals surface area contributed by atoms with Gasteiger partial charge in [-0.1, -0.05) is 60.7 Å². The standard InChI is InChI=1S/C21H20O4/c1-3-25-20(24)21(14(2)22)17(15-10-6-4-7-11-15)18(21)19(23)16-12-8-5-9-13-16/h4-13,17-18H,3H2,1-2H3. The third kappa shape index (κ3) is 2.68. The van der Waals surface area contributed by atoms with E-state index in [0.29, 0.717) is 5.56 Å². The second-order valence-corrected chi connectivity index (χ2v) is 6.24. The first kappa shape index (κ1) is 17.1. The molecule has 2 aromatic carbocycles. The molecule has 128 valence electrons. The van der Waals surface area contributed by atoms with Gasteiger partial charge in [0.15, 0.2) is 5.78 Å². The molecule has 3 rings (SSSR count). The van der Waals surface area contributed by atoms with Crippen molar-refractivity contribution in [3.05, 3.63) is 71.8 Å². The molecule has 25 heavy (non-hydrogen) atoms. The van der Waals surface area contributed by atoms with Crippen LogP contribution in [0.1, 0.15) is 35.7 Å². The Hall–Kier alpha value is -2.75. The zero-order valence-corrected chi connectivity index (χ0v) is 14.3. The largest absolute Gasteiger partial charge is 0.465 e. The fourth-order valence-corrected chi connectivity index (χ4v) is 3.73. The number of benzene rings is 2. The fourth-order valence-electron chi connectivity index (χ4n) is 3.73. The van der Waals surface area contributed by atoms with Gasteiger partial charge < -0.3 is 4.74 Å². The van der Waals surface area contributed by atoms with Crippen LogP contribution in [-0.2, 0) is 14.3 Å². The molecule has 0 aliphatic heterocycles. The lowest BCUT2D eigenvalue weighted by atomic mass is 9.93. The van der Waals surface area contributed by atoms with Gasteiger partial charge in [-0.3, -0.25) is 14.4 Å². The molecule has 0 aromatic heterocycles. The summed E-state index contributed by atoms with van der Waals surface area (Å²) in [6, 6.07) is 18.0. The van der Waals surface area contributed by atoms with Crippen LogP contribution in [0.15, 0.2) is 60.7 Å². The molecule has 1 saturated carbocycles. The first-order valence-electron chi connectivity index (χ1n) is 8.37.